The van der Waals surface area contributed by atoms with Gasteiger partial charge < -0.3 is 19.3 Å². The van der Waals surface area contributed by atoms with E-state index in [2.05, 4.69) is 109 Å². The lowest BCUT2D eigenvalue weighted by atomic mass is 9.80. The number of methoxy groups -OCH3 is 1. The van der Waals surface area contributed by atoms with Crippen molar-refractivity contribution in [2.24, 2.45) is 0 Å². The van der Waals surface area contributed by atoms with E-state index < -0.39 is 0 Å². The van der Waals surface area contributed by atoms with E-state index in [-0.39, 0.29) is 11.9 Å². The number of thioether (sulfide) groups is 1. The Bertz CT molecular complexity index is 1730. The van der Waals surface area contributed by atoms with Gasteiger partial charge in [0.15, 0.2) is 0 Å². The van der Waals surface area contributed by atoms with E-state index in [0.29, 0.717) is 5.56 Å². The van der Waals surface area contributed by atoms with Gasteiger partial charge >= 0.3 is 5.97 Å². The van der Waals surface area contributed by atoms with Crippen LogP contribution in [0.15, 0.2) is 120 Å². The van der Waals surface area contributed by atoms with Gasteiger partial charge in [-0.1, -0.05) is 60.7 Å². The highest BCUT2D eigenvalue weighted by Gasteiger charge is 2.34. The zero-order valence-electron chi connectivity index (χ0n) is 25.5. The van der Waals surface area contributed by atoms with E-state index in [9.17, 15) is 4.79 Å². The van der Waals surface area contributed by atoms with Gasteiger partial charge in [0.2, 0.25) is 0 Å². The van der Waals surface area contributed by atoms with Crippen molar-refractivity contribution in [3.8, 4) is 11.5 Å². The van der Waals surface area contributed by atoms with Crippen molar-refractivity contribution in [1.29, 1.82) is 0 Å². The Morgan fingerprint density at radius 2 is 1.34 bits per heavy atom. The first-order chi connectivity index (χ1) is 21.6. The number of hydrogen-bond donors (Lipinski definition) is 0. The third kappa shape index (κ3) is 5.42. The highest BCUT2D eigenvalue weighted by Crippen LogP contribution is 2.53. The summed E-state index contributed by atoms with van der Waals surface area (Å²) in [6, 6.07) is 39.4. The molecule has 0 aromatic heterocycles. The van der Waals surface area contributed by atoms with Crippen LogP contribution in [-0.4, -0.2) is 32.4 Å². The van der Waals surface area contributed by atoms with Crippen LogP contribution in [0.3, 0.4) is 0 Å². The summed E-state index contributed by atoms with van der Waals surface area (Å²) in [7, 11) is 1.43. The van der Waals surface area contributed by atoms with Crippen molar-refractivity contribution in [2.75, 3.05) is 36.3 Å². The molecule has 0 saturated carbocycles. The zero-order valence-corrected chi connectivity index (χ0v) is 26.3. The Kier molecular flexibility index (Phi) is 8.62. The van der Waals surface area contributed by atoms with Gasteiger partial charge in [-0.25, -0.2) is 4.79 Å². The maximum Gasteiger partial charge on any atom is 0.338 e. The molecule has 5 nitrogen and oxygen atoms in total. The molecule has 0 bridgehead atoms. The fourth-order valence-electron chi connectivity index (χ4n) is 6.10. The predicted molar refractivity (Wildman–Crippen MR) is 182 cm³/mol. The van der Waals surface area contributed by atoms with Gasteiger partial charge in [-0.05, 0) is 74.2 Å². The minimum absolute atomic E-state index is 0.252. The van der Waals surface area contributed by atoms with Crippen molar-refractivity contribution >= 4 is 40.5 Å². The summed E-state index contributed by atoms with van der Waals surface area (Å²) in [6.07, 6.45) is 2.10. The second-order valence-electron chi connectivity index (χ2n) is 10.6. The topological polar surface area (TPSA) is 42.0 Å². The number of nitrogens with zero attached hydrogens (tertiary/aromatic N) is 2. The van der Waals surface area contributed by atoms with Crippen LogP contribution >= 0.6 is 11.8 Å². The van der Waals surface area contributed by atoms with Crippen LogP contribution in [0.25, 0.3) is 0 Å². The zero-order chi connectivity index (χ0) is 30.6. The molecule has 1 aliphatic heterocycles. The average Bonchev–Trinajstić information content (AvgIpc) is 3.08. The molecular weight excluding hydrogens is 564 g/mol. The molecule has 44 heavy (non-hydrogen) atoms. The van der Waals surface area contributed by atoms with E-state index in [1.165, 1.54) is 7.11 Å². The Morgan fingerprint density at radius 1 is 0.727 bits per heavy atom. The highest BCUT2D eigenvalue weighted by molar-refractivity contribution is 7.98. The molecule has 0 saturated heterocycles. The van der Waals surface area contributed by atoms with E-state index in [4.69, 9.17) is 9.47 Å². The summed E-state index contributed by atoms with van der Waals surface area (Å²) in [5.41, 5.74) is 7.70. The lowest BCUT2D eigenvalue weighted by molar-refractivity contribution is 0.0599. The molecule has 0 aliphatic carbocycles. The second-order valence-corrected chi connectivity index (χ2v) is 11.4. The minimum atomic E-state index is -0.355. The van der Waals surface area contributed by atoms with Crippen LogP contribution in [0.5, 0.6) is 11.5 Å². The van der Waals surface area contributed by atoms with Gasteiger partial charge in [-0.3, -0.25) is 0 Å². The molecule has 0 amide bonds. The van der Waals surface area contributed by atoms with Crippen LogP contribution in [0.4, 0.5) is 22.7 Å². The maximum absolute atomic E-state index is 13.1. The van der Waals surface area contributed by atoms with Crippen molar-refractivity contribution in [1.82, 2.24) is 0 Å². The third-order valence-electron chi connectivity index (χ3n) is 8.23. The number of ether oxygens (including phenoxy) is 2. The summed E-state index contributed by atoms with van der Waals surface area (Å²) >= 11 is 1.69. The van der Waals surface area contributed by atoms with Crippen molar-refractivity contribution in [3.05, 3.63) is 138 Å². The van der Waals surface area contributed by atoms with Gasteiger partial charge in [0.1, 0.15) is 11.5 Å². The van der Waals surface area contributed by atoms with Crippen molar-refractivity contribution in [3.63, 3.8) is 0 Å². The first kappa shape index (κ1) is 29.4. The molecule has 1 aliphatic rings. The van der Waals surface area contributed by atoms with Gasteiger partial charge in [0, 0.05) is 58.2 Å². The summed E-state index contributed by atoms with van der Waals surface area (Å²) in [5.74, 6) is 0.978. The number of hydrogen-bond acceptors (Lipinski definition) is 6. The molecule has 1 heterocycles. The Balaban J connectivity index is 1.62. The van der Waals surface area contributed by atoms with Gasteiger partial charge in [0.25, 0.3) is 0 Å². The SMILES string of the molecule is CCN(CC)c1ccc2c(c1)Oc1cc(SC)c(N(c3ccccc3)c3ccccc3)cc1C2c1ccccc1C(=O)OC. The quantitative estimate of drug-likeness (QED) is 0.122. The average molecular weight is 601 g/mol. The van der Waals surface area contributed by atoms with Gasteiger partial charge in [-0.15, -0.1) is 11.8 Å². The normalized spacial score (nSPS) is 13.3. The molecule has 1 atom stereocenters. The fourth-order valence-corrected chi connectivity index (χ4v) is 6.68. The third-order valence-corrected chi connectivity index (χ3v) is 8.99. The number of rotatable bonds is 9. The number of esters is 1. The molecule has 0 radical (unpaired) electrons. The monoisotopic (exact) mass is 600 g/mol. The Labute approximate surface area is 264 Å². The summed E-state index contributed by atoms with van der Waals surface area (Å²) in [6.45, 7) is 6.11. The molecular formula is C38H36N2O3S. The number of carbonyl (C=O) groups is 1. The lowest BCUT2D eigenvalue weighted by Crippen LogP contribution is -2.22. The smallest absolute Gasteiger partial charge is 0.338 e. The molecule has 0 spiro atoms. The van der Waals surface area contributed by atoms with Gasteiger partial charge in [0.05, 0.1) is 18.4 Å². The van der Waals surface area contributed by atoms with Crippen molar-refractivity contribution in [2.45, 2.75) is 24.7 Å². The fraction of sp³-hybridized carbons (Fsp3) is 0.184. The molecule has 6 rings (SSSR count). The number of para-hydroxylation sites is 2. The Hall–Kier alpha value is -4.68. The van der Waals surface area contributed by atoms with Crippen LogP contribution in [0, 0.1) is 0 Å². The number of carbonyl (C=O) groups excluding carboxylic acids is 1. The first-order valence-electron chi connectivity index (χ1n) is 14.9. The van der Waals surface area contributed by atoms with Crippen LogP contribution in [0.2, 0.25) is 0 Å². The minimum Gasteiger partial charge on any atom is -0.465 e. The van der Waals surface area contributed by atoms with Crippen LogP contribution < -0.4 is 14.5 Å². The maximum atomic E-state index is 13.1. The summed E-state index contributed by atoms with van der Waals surface area (Å²) < 4.78 is 12.0. The predicted octanol–water partition coefficient (Wildman–Crippen LogP) is 9.80. The first-order valence-corrected chi connectivity index (χ1v) is 16.2. The number of fused-ring (bicyclic) bond motifs is 2. The number of anilines is 4. The van der Waals surface area contributed by atoms with Crippen molar-refractivity contribution < 1.29 is 14.3 Å². The van der Waals surface area contributed by atoms with E-state index in [1.807, 2.05) is 36.4 Å². The van der Waals surface area contributed by atoms with Crippen LogP contribution in [-0.2, 0) is 4.74 Å². The molecule has 0 N–H and O–H groups in total. The van der Waals surface area contributed by atoms with E-state index in [1.54, 1.807) is 11.8 Å². The standard InChI is InChI=1S/C38H36N2O3S/c1-5-39(6-2)28-21-22-31-34(23-28)43-35-25-36(44-4)33(40(26-15-9-7-10-16-26)27-17-11-8-12-18-27)24-32(35)37(31)29-19-13-14-20-30(29)38(41)42-3/h7-25,37H,5-6H2,1-4H3. The molecule has 222 valence electrons. The number of benzene rings is 5. The van der Waals surface area contributed by atoms with Gasteiger partial charge in [-0.2, -0.15) is 0 Å². The molecule has 0 fully saturated rings. The second kappa shape index (κ2) is 12.9. The summed E-state index contributed by atoms with van der Waals surface area (Å²) in [4.78, 5) is 18.8. The van der Waals surface area contributed by atoms with E-state index >= 15 is 0 Å². The van der Waals surface area contributed by atoms with E-state index in [0.717, 1.165) is 68.9 Å². The molecule has 5 aromatic carbocycles. The summed E-state index contributed by atoms with van der Waals surface area (Å²) in [5, 5.41) is 0. The highest BCUT2D eigenvalue weighted by atomic mass is 32.2. The molecule has 1 unspecified atom stereocenters. The largest absolute Gasteiger partial charge is 0.465 e. The Morgan fingerprint density at radius 3 is 1.95 bits per heavy atom. The molecule has 5 aromatic rings. The molecule has 6 heteroatoms. The van der Waals surface area contributed by atoms with Crippen LogP contribution in [0.1, 0.15) is 46.8 Å². The lowest BCUT2D eigenvalue weighted by Gasteiger charge is -2.34.